The summed E-state index contributed by atoms with van der Waals surface area (Å²) < 4.78 is 5.84. The highest BCUT2D eigenvalue weighted by atomic mass is 16.6. The molecule has 1 atom stereocenters. The van der Waals surface area contributed by atoms with Gasteiger partial charge in [0.25, 0.3) is 0 Å². The van der Waals surface area contributed by atoms with E-state index in [0.717, 1.165) is 40.7 Å². The van der Waals surface area contributed by atoms with Gasteiger partial charge in [-0.2, -0.15) is 0 Å². The first-order valence-electron chi connectivity index (χ1n) is 10.3. The molecule has 1 saturated heterocycles. The maximum Gasteiger partial charge on any atom is 0.410 e. The molecular formula is C26H29NO2. The smallest absolute Gasteiger partial charge is 0.410 e. The Morgan fingerprint density at radius 3 is 2.38 bits per heavy atom. The van der Waals surface area contributed by atoms with Crippen LogP contribution in [0.25, 0.3) is 5.57 Å². The van der Waals surface area contributed by atoms with Crippen molar-refractivity contribution < 1.29 is 9.53 Å². The second-order valence-corrected chi connectivity index (χ2v) is 7.55. The summed E-state index contributed by atoms with van der Waals surface area (Å²) in [7, 11) is 0. The summed E-state index contributed by atoms with van der Waals surface area (Å²) in [5, 5.41) is 0. The molecule has 0 aromatic heterocycles. The summed E-state index contributed by atoms with van der Waals surface area (Å²) in [5.74, 6) is 0. The Balaban J connectivity index is 1.93. The number of hydrogen-bond donors (Lipinski definition) is 0. The Morgan fingerprint density at radius 2 is 1.76 bits per heavy atom. The lowest BCUT2D eigenvalue weighted by Crippen LogP contribution is -2.25. The predicted molar refractivity (Wildman–Crippen MR) is 118 cm³/mol. The van der Waals surface area contributed by atoms with Crippen molar-refractivity contribution in [2.45, 2.75) is 46.3 Å². The minimum Gasteiger partial charge on any atom is -0.439 e. The molecule has 1 aliphatic heterocycles. The Labute approximate surface area is 174 Å². The molecule has 0 N–H and O–H groups in total. The van der Waals surface area contributed by atoms with Gasteiger partial charge < -0.3 is 4.74 Å². The number of ether oxygens (including phenoxy) is 1. The summed E-state index contributed by atoms with van der Waals surface area (Å²) in [6, 6.07) is 20.3. The number of rotatable bonds is 7. The zero-order valence-electron chi connectivity index (χ0n) is 17.5. The van der Waals surface area contributed by atoms with Gasteiger partial charge in [-0.25, -0.2) is 4.79 Å². The van der Waals surface area contributed by atoms with Crippen molar-refractivity contribution in [3.05, 3.63) is 94.7 Å². The van der Waals surface area contributed by atoms with Crippen molar-refractivity contribution in [3.8, 4) is 0 Å². The van der Waals surface area contributed by atoms with Gasteiger partial charge in [-0.05, 0) is 37.0 Å². The molecule has 0 saturated carbocycles. The van der Waals surface area contributed by atoms with E-state index in [9.17, 15) is 4.79 Å². The molecule has 2 aromatic carbocycles. The van der Waals surface area contributed by atoms with Gasteiger partial charge in [0.1, 0.15) is 6.10 Å². The number of nitrogens with zero attached hydrogens (tertiary/aromatic N) is 1. The normalized spacial score (nSPS) is 16.4. The monoisotopic (exact) mass is 387 g/mol. The van der Waals surface area contributed by atoms with Crippen LogP contribution in [0.3, 0.4) is 0 Å². The van der Waals surface area contributed by atoms with E-state index < -0.39 is 0 Å². The van der Waals surface area contributed by atoms with Gasteiger partial charge in [-0.3, -0.25) is 4.90 Å². The Bertz CT molecular complexity index is 918. The van der Waals surface area contributed by atoms with Gasteiger partial charge in [0.15, 0.2) is 0 Å². The number of benzene rings is 2. The van der Waals surface area contributed by atoms with Crippen molar-refractivity contribution in [1.29, 1.82) is 0 Å². The first-order chi connectivity index (χ1) is 14.1. The topological polar surface area (TPSA) is 29.5 Å². The minimum atomic E-state index is -0.292. The number of carbonyl (C=O) groups is 1. The molecule has 1 amide bonds. The van der Waals surface area contributed by atoms with Crippen LogP contribution in [0.2, 0.25) is 0 Å². The molecule has 0 bridgehead atoms. The highest BCUT2D eigenvalue weighted by Crippen LogP contribution is 2.31. The van der Waals surface area contributed by atoms with Crippen molar-refractivity contribution in [2.75, 3.05) is 6.54 Å². The lowest BCUT2D eigenvalue weighted by atomic mass is 9.92. The van der Waals surface area contributed by atoms with Gasteiger partial charge in [-0.15, -0.1) is 5.73 Å². The third-order valence-corrected chi connectivity index (χ3v) is 4.83. The summed E-state index contributed by atoms with van der Waals surface area (Å²) >= 11 is 0. The van der Waals surface area contributed by atoms with Crippen LogP contribution in [0.15, 0.2) is 83.6 Å². The minimum absolute atomic E-state index is 0.258. The molecule has 29 heavy (non-hydrogen) atoms. The van der Waals surface area contributed by atoms with E-state index in [1.54, 1.807) is 4.90 Å². The molecule has 3 rings (SSSR count). The Morgan fingerprint density at radius 1 is 1.10 bits per heavy atom. The van der Waals surface area contributed by atoms with E-state index in [1.165, 1.54) is 0 Å². The molecule has 3 heteroatoms. The zero-order chi connectivity index (χ0) is 20.6. The van der Waals surface area contributed by atoms with E-state index in [-0.39, 0.29) is 12.2 Å². The molecule has 1 heterocycles. The van der Waals surface area contributed by atoms with Crippen LogP contribution in [0.4, 0.5) is 4.79 Å². The first kappa shape index (κ1) is 20.7. The molecule has 150 valence electrons. The van der Waals surface area contributed by atoms with Crippen LogP contribution in [-0.4, -0.2) is 23.6 Å². The Kier molecular flexibility index (Phi) is 7.10. The number of hydrogen-bond acceptors (Lipinski definition) is 2. The average Bonchev–Trinajstić information content (AvgIpc) is 3.08. The molecule has 2 aromatic rings. The van der Waals surface area contributed by atoms with Crippen LogP contribution in [-0.2, 0) is 11.3 Å². The number of amides is 1. The molecule has 0 unspecified atom stereocenters. The molecule has 0 spiro atoms. The van der Waals surface area contributed by atoms with E-state index in [4.69, 9.17) is 4.74 Å². The lowest BCUT2D eigenvalue weighted by Gasteiger charge is -2.17. The van der Waals surface area contributed by atoms with Gasteiger partial charge in [-0.1, -0.05) is 80.1 Å². The summed E-state index contributed by atoms with van der Waals surface area (Å²) in [6.45, 7) is 7.35. The van der Waals surface area contributed by atoms with Crippen molar-refractivity contribution >= 4 is 11.7 Å². The molecule has 0 radical (unpaired) electrons. The maximum absolute atomic E-state index is 12.6. The van der Waals surface area contributed by atoms with Gasteiger partial charge in [0.2, 0.25) is 0 Å². The highest BCUT2D eigenvalue weighted by Gasteiger charge is 2.34. The fraction of sp³-hybridized carbons (Fsp3) is 0.308. The van der Waals surface area contributed by atoms with E-state index in [2.05, 4.69) is 30.9 Å². The van der Waals surface area contributed by atoms with Crippen LogP contribution in [0.5, 0.6) is 0 Å². The summed E-state index contributed by atoms with van der Waals surface area (Å²) in [5.41, 5.74) is 8.86. The molecular weight excluding hydrogens is 358 g/mol. The zero-order valence-corrected chi connectivity index (χ0v) is 17.5. The second kappa shape index (κ2) is 9.95. The third kappa shape index (κ3) is 5.49. The van der Waals surface area contributed by atoms with Crippen molar-refractivity contribution in [2.24, 2.45) is 0 Å². The fourth-order valence-corrected chi connectivity index (χ4v) is 3.46. The predicted octanol–water partition coefficient (Wildman–Crippen LogP) is 6.38. The second-order valence-electron chi connectivity index (χ2n) is 7.55. The van der Waals surface area contributed by atoms with Crippen LogP contribution >= 0.6 is 0 Å². The summed E-state index contributed by atoms with van der Waals surface area (Å²) in [6.07, 6.45) is 3.63. The van der Waals surface area contributed by atoms with E-state index >= 15 is 0 Å². The van der Waals surface area contributed by atoms with E-state index in [0.29, 0.717) is 13.1 Å². The van der Waals surface area contributed by atoms with Crippen LogP contribution in [0, 0.1) is 0 Å². The van der Waals surface area contributed by atoms with Crippen LogP contribution in [0.1, 0.15) is 44.7 Å². The average molecular weight is 388 g/mol. The van der Waals surface area contributed by atoms with Crippen molar-refractivity contribution in [1.82, 2.24) is 4.90 Å². The number of carbonyl (C=O) groups excluding carboxylic acids is 1. The molecule has 3 nitrogen and oxygen atoms in total. The van der Waals surface area contributed by atoms with Gasteiger partial charge in [0.05, 0.1) is 6.54 Å². The lowest BCUT2D eigenvalue weighted by molar-refractivity contribution is 0.143. The van der Waals surface area contributed by atoms with Crippen molar-refractivity contribution in [3.63, 3.8) is 0 Å². The third-order valence-electron chi connectivity index (χ3n) is 4.83. The molecule has 1 fully saturated rings. The fourth-order valence-electron chi connectivity index (χ4n) is 3.46. The van der Waals surface area contributed by atoms with Gasteiger partial charge in [0, 0.05) is 17.7 Å². The molecule has 0 aliphatic carbocycles. The number of unbranched alkanes of at least 4 members (excludes halogenated alkanes) is 1. The summed E-state index contributed by atoms with van der Waals surface area (Å²) in [4.78, 5) is 14.4. The standard InChI is InChI=1S/C26H29NO2/c1-4-5-16-23(24(17-20(2)3)22-14-10-7-11-15-22)25-19-27(26(28)29-25)18-21-12-8-6-9-13-21/h6-16,25H,4-5,18-19H2,1-3H3/b23-16-/t25-/m0/s1. The van der Waals surface area contributed by atoms with Crippen LogP contribution < -0.4 is 0 Å². The first-order valence-corrected chi connectivity index (χ1v) is 10.3. The Hall–Kier alpha value is -3.03. The number of cyclic esters (lactones) is 1. The largest absolute Gasteiger partial charge is 0.439 e. The highest BCUT2D eigenvalue weighted by molar-refractivity contribution is 5.82. The SMILES string of the molecule is CCC/C=C(/C(=C=C(C)C)c1ccccc1)[C@@H]1CN(Cc2ccccc2)C(=O)O1. The maximum atomic E-state index is 12.6. The van der Waals surface area contributed by atoms with Gasteiger partial charge >= 0.3 is 6.09 Å². The quantitative estimate of drug-likeness (QED) is 0.407. The number of allylic oxidation sites excluding steroid dienone is 1. The molecule has 1 aliphatic rings. The van der Waals surface area contributed by atoms with E-state index in [1.807, 2.05) is 62.4 Å².